The Morgan fingerprint density at radius 2 is 2.03 bits per heavy atom. The minimum absolute atomic E-state index is 0.0178. The maximum atomic E-state index is 12.9. The predicted molar refractivity (Wildman–Crippen MR) is 137 cm³/mol. The molecule has 1 aliphatic heterocycles. The summed E-state index contributed by atoms with van der Waals surface area (Å²) in [5.74, 6) is 0.114. The lowest BCUT2D eigenvalue weighted by Crippen LogP contribution is -2.45. The largest absolute Gasteiger partial charge is 0.496 e. The summed E-state index contributed by atoms with van der Waals surface area (Å²) in [6.45, 7) is 11.4. The zero-order valence-corrected chi connectivity index (χ0v) is 20.8. The number of benzene rings is 2. The number of fused-ring (bicyclic) bond motifs is 1. The summed E-state index contributed by atoms with van der Waals surface area (Å²) < 4.78 is 5.67. The van der Waals surface area contributed by atoms with E-state index in [1.165, 1.54) is 0 Å². The Hall–Kier alpha value is -3.23. The van der Waals surface area contributed by atoms with Crippen LogP contribution in [-0.4, -0.2) is 25.1 Å². The lowest BCUT2D eigenvalue weighted by atomic mass is 9.87. The molecule has 3 rings (SSSR count). The van der Waals surface area contributed by atoms with Gasteiger partial charge in [-0.05, 0) is 69.5 Å². The zero-order valence-electron chi connectivity index (χ0n) is 20.0. The number of methoxy groups -OCH3 is 1. The average Bonchev–Trinajstić information content (AvgIpc) is 2.77. The number of ether oxygens (including phenoxy) is 1. The van der Waals surface area contributed by atoms with Gasteiger partial charge in [0.25, 0.3) is 5.91 Å². The first kappa shape index (κ1) is 24.4. The van der Waals surface area contributed by atoms with Crippen LogP contribution >= 0.6 is 11.6 Å². The Morgan fingerprint density at radius 1 is 1.30 bits per heavy atom. The van der Waals surface area contributed by atoms with Crippen molar-refractivity contribution in [1.82, 2.24) is 0 Å². The van der Waals surface area contributed by atoms with Gasteiger partial charge in [-0.1, -0.05) is 30.7 Å². The third-order valence-corrected chi connectivity index (χ3v) is 6.37. The van der Waals surface area contributed by atoms with E-state index in [2.05, 4.69) is 44.0 Å². The maximum Gasteiger partial charge on any atom is 0.266 e. The molecule has 0 bridgehead atoms. The number of hydrogen-bond donors (Lipinski definition) is 1. The van der Waals surface area contributed by atoms with Gasteiger partial charge in [-0.15, -0.1) is 0 Å². The summed E-state index contributed by atoms with van der Waals surface area (Å²) >= 11 is 6.16. The van der Waals surface area contributed by atoms with Crippen LogP contribution < -0.4 is 15.0 Å². The topological polar surface area (TPSA) is 65.4 Å². The molecule has 0 fully saturated rings. The molecular formula is C27H30ClN3O2. The van der Waals surface area contributed by atoms with Gasteiger partial charge in [-0.25, -0.2) is 0 Å². The quantitative estimate of drug-likeness (QED) is 0.386. The van der Waals surface area contributed by atoms with Gasteiger partial charge in [0.1, 0.15) is 17.4 Å². The summed E-state index contributed by atoms with van der Waals surface area (Å²) in [5.41, 5.74) is 5.16. The molecule has 0 spiro atoms. The standard InChI is InChI=1S/C27H30ClN3O2/c1-7-11-31-24-14-25(33-6)19(13-21(24)17(2)15-27(31,4)5)12-20(16-29)26(32)30-23-10-8-9-22(28)18(23)3/h8-10,12-15H,7,11H2,1-6H3,(H,30,32)/b20-12+. The van der Waals surface area contributed by atoms with Crippen LogP contribution in [0.5, 0.6) is 5.75 Å². The molecule has 0 atom stereocenters. The van der Waals surface area contributed by atoms with Crippen LogP contribution in [0, 0.1) is 18.3 Å². The van der Waals surface area contributed by atoms with E-state index in [-0.39, 0.29) is 11.1 Å². The molecule has 172 valence electrons. The molecule has 0 aliphatic carbocycles. The van der Waals surface area contributed by atoms with Gasteiger partial charge in [0.05, 0.1) is 12.6 Å². The molecule has 0 saturated heterocycles. The highest BCUT2D eigenvalue weighted by Crippen LogP contribution is 2.42. The van der Waals surface area contributed by atoms with Crippen molar-refractivity contribution < 1.29 is 9.53 Å². The molecule has 1 N–H and O–H groups in total. The molecule has 33 heavy (non-hydrogen) atoms. The lowest BCUT2D eigenvalue weighted by Gasteiger charge is -2.43. The van der Waals surface area contributed by atoms with Crippen molar-refractivity contribution in [2.75, 3.05) is 23.9 Å². The third-order valence-electron chi connectivity index (χ3n) is 5.96. The molecule has 2 aromatic carbocycles. The third kappa shape index (κ3) is 4.91. The average molecular weight is 464 g/mol. The van der Waals surface area contributed by atoms with Gasteiger partial charge < -0.3 is 15.0 Å². The van der Waals surface area contributed by atoms with Crippen LogP contribution in [0.1, 0.15) is 50.8 Å². The molecule has 1 aliphatic rings. The first-order chi connectivity index (χ1) is 15.6. The van der Waals surface area contributed by atoms with E-state index in [9.17, 15) is 10.1 Å². The van der Waals surface area contributed by atoms with Crippen molar-refractivity contribution in [2.45, 2.75) is 46.6 Å². The molecule has 0 unspecified atom stereocenters. The minimum Gasteiger partial charge on any atom is -0.496 e. The lowest BCUT2D eigenvalue weighted by molar-refractivity contribution is -0.112. The fourth-order valence-corrected chi connectivity index (χ4v) is 4.45. The molecule has 2 aromatic rings. The number of amides is 1. The van der Waals surface area contributed by atoms with E-state index in [1.54, 1.807) is 31.4 Å². The van der Waals surface area contributed by atoms with Gasteiger partial charge >= 0.3 is 0 Å². The first-order valence-corrected chi connectivity index (χ1v) is 11.4. The van der Waals surface area contributed by atoms with E-state index in [0.717, 1.165) is 35.4 Å². The molecule has 0 saturated carbocycles. The molecule has 5 nitrogen and oxygen atoms in total. The molecule has 6 heteroatoms. The Kier molecular flexibility index (Phi) is 7.19. The maximum absolute atomic E-state index is 12.9. The first-order valence-electron chi connectivity index (χ1n) is 11.0. The molecule has 1 heterocycles. The molecular weight excluding hydrogens is 434 g/mol. The van der Waals surface area contributed by atoms with E-state index < -0.39 is 5.91 Å². The number of carbonyl (C=O) groups is 1. The second-order valence-corrected chi connectivity index (χ2v) is 9.19. The Morgan fingerprint density at radius 3 is 2.67 bits per heavy atom. The fourth-order valence-electron chi connectivity index (χ4n) is 4.28. The molecule has 0 radical (unpaired) electrons. The number of nitrogens with one attached hydrogen (secondary N) is 1. The highest BCUT2D eigenvalue weighted by Gasteiger charge is 2.31. The van der Waals surface area contributed by atoms with Gasteiger partial charge in [-0.2, -0.15) is 5.26 Å². The molecule has 1 amide bonds. The summed E-state index contributed by atoms with van der Waals surface area (Å²) in [5, 5.41) is 13.1. The van der Waals surface area contributed by atoms with E-state index in [4.69, 9.17) is 16.3 Å². The second-order valence-electron chi connectivity index (χ2n) is 8.78. The van der Waals surface area contributed by atoms with Crippen LogP contribution in [0.15, 0.2) is 42.0 Å². The van der Waals surface area contributed by atoms with Crippen LogP contribution in [0.4, 0.5) is 11.4 Å². The van der Waals surface area contributed by atoms with Crippen molar-refractivity contribution in [3.8, 4) is 11.8 Å². The van der Waals surface area contributed by atoms with Crippen LogP contribution in [0.25, 0.3) is 11.6 Å². The van der Waals surface area contributed by atoms with Crippen molar-refractivity contribution in [2.24, 2.45) is 0 Å². The Labute approximate surface area is 201 Å². The van der Waals surface area contributed by atoms with E-state index in [0.29, 0.717) is 22.0 Å². The monoisotopic (exact) mass is 463 g/mol. The summed E-state index contributed by atoms with van der Waals surface area (Å²) in [6.07, 6.45) is 4.84. The highest BCUT2D eigenvalue weighted by atomic mass is 35.5. The van der Waals surface area contributed by atoms with Gasteiger partial charge in [0.2, 0.25) is 0 Å². The Balaban J connectivity index is 2.05. The van der Waals surface area contributed by atoms with Crippen LogP contribution in [-0.2, 0) is 4.79 Å². The number of nitrogens with zero attached hydrogens (tertiary/aromatic N) is 2. The summed E-state index contributed by atoms with van der Waals surface area (Å²) in [6, 6.07) is 11.3. The van der Waals surface area contributed by atoms with Gasteiger partial charge in [0, 0.05) is 40.1 Å². The SMILES string of the molecule is CCCN1c2cc(OC)c(/C=C(\C#N)C(=O)Nc3cccc(Cl)c3C)cc2C(C)=CC1(C)C. The van der Waals surface area contributed by atoms with Gasteiger partial charge in [-0.3, -0.25) is 4.79 Å². The van der Waals surface area contributed by atoms with Crippen molar-refractivity contribution in [3.63, 3.8) is 0 Å². The van der Waals surface area contributed by atoms with Crippen molar-refractivity contribution in [1.29, 1.82) is 5.26 Å². The van der Waals surface area contributed by atoms with Crippen LogP contribution in [0.3, 0.4) is 0 Å². The van der Waals surface area contributed by atoms with Crippen molar-refractivity contribution in [3.05, 3.63) is 63.7 Å². The summed E-state index contributed by atoms with van der Waals surface area (Å²) in [7, 11) is 1.60. The summed E-state index contributed by atoms with van der Waals surface area (Å²) in [4.78, 5) is 15.2. The molecule has 0 aromatic heterocycles. The second kappa shape index (κ2) is 9.72. The highest BCUT2D eigenvalue weighted by molar-refractivity contribution is 6.31. The minimum atomic E-state index is -0.497. The fraction of sp³-hybridized carbons (Fsp3) is 0.333. The number of carbonyl (C=O) groups excluding carboxylic acids is 1. The van der Waals surface area contributed by atoms with Crippen LogP contribution in [0.2, 0.25) is 5.02 Å². The van der Waals surface area contributed by atoms with E-state index >= 15 is 0 Å². The van der Waals surface area contributed by atoms with E-state index in [1.807, 2.05) is 25.1 Å². The van der Waals surface area contributed by atoms with Crippen molar-refractivity contribution >= 4 is 40.5 Å². The predicted octanol–water partition coefficient (Wildman–Crippen LogP) is 6.61. The number of hydrogen-bond acceptors (Lipinski definition) is 4. The number of rotatable bonds is 6. The normalized spacial score (nSPS) is 14.8. The number of allylic oxidation sites excluding steroid dienone is 1. The number of anilines is 2. The smallest absolute Gasteiger partial charge is 0.266 e. The number of halogens is 1. The van der Waals surface area contributed by atoms with Gasteiger partial charge in [0.15, 0.2) is 0 Å². The Bertz CT molecular complexity index is 1190. The number of nitriles is 1. The zero-order chi connectivity index (χ0) is 24.3.